The van der Waals surface area contributed by atoms with Crippen LogP contribution in [0.5, 0.6) is 0 Å². The normalized spacial score (nSPS) is 12.9. The van der Waals surface area contributed by atoms with Crippen molar-refractivity contribution in [3.63, 3.8) is 0 Å². The van der Waals surface area contributed by atoms with Crippen LogP contribution in [0.3, 0.4) is 0 Å². The summed E-state index contributed by atoms with van der Waals surface area (Å²) in [5, 5.41) is 19.4. The quantitative estimate of drug-likeness (QED) is 0.710. The van der Waals surface area contributed by atoms with E-state index in [1.54, 1.807) is 42.1 Å². The molecule has 1 heterocycles. The average molecular weight is 350 g/mol. The van der Waals surface area contributed by atoms with Crippen LogP contribution in [0, 0.1) is 17.7 Å². The first-order valence-electron chi connectivity index (χ1n) is 8.28. The molecule has 4 nitrogen and oxygen atoms in total. The van der Waals surface area contributed by atoms with Gasteiger partial charge in [-0.2, -0.15) is 0 Å². The average Bonchev–Trinajstić information content (AvgIpc) is 3.13. The summed E-state index contributed by atoms with van der Waals surface area (Å²) in [6.07, 6.45) is 2.50. The molecule has 0 fully saturated rings. The van der Waals surface area contributed by atoms with Gasteiger partial charge in [0.25, 0.3) is 0 Å². The van der Waals surface area contributed by atoms with Gasteiger partial charge in [-0.1, -0.05) is 42.2 Å². The zero-order chi connectivity index (χ0) is 18.5. The van der Waals surface area contributed by atoms with Crippen molar-refractivity contribution in [2.45, 2.75) is 19.1 Å². The molecule has 26 heavy (non-hydrogen) atoms. The van der Waals surface area contributed by atoms with E-state index >= 15 is 0 Å². The van der Waals surface area contributed by atoms with Gasteiger partial charge >= 0.3 is 0 Å². The van der Waals surface area contributed by atoms with Crippen LogP contribution in [0.4, 0.5) is 4.39 Å². The van der Waals surface area contributed by atoms with Crippen molar-refractivity contribution in [3.05, 3.63) is 78.1 Å². The van der Waals surface area contributed by atoms with Crippen molar-refractivity contribution in [2.24, 2.45) is 0 Å². The molecule has 0 spiro atoms. The van der Waals surface area contributed by atoms with Gasteiger partial charge in [0, 0.05) is 23.5 Å². The maximum absolute atomic E-state index is 13.9. The molecular formula is C21H19FN2O2. The van der Waals surface area contributed by atoms with Gasteiger partial charge in [0.05, 0.1) is 6.61 Å². The van der Waals surface area contributed by atoms with Gasteiger partial charge < -0.3 is 14.8 Å². The number of hydrogen-bond acceptors (Lipinski definition) is 3. The number of aromatic nitrogens is 2. The summed E-state index contributed by atoms with van der Waals surface area (Å²) in [7, 11) is 0. The number of aliphatic hydroxyl groups excluding tert-OH is 2. The summed E-state index contributed by atoms with van der Waals surface area (Å²) in [6, 6.07) is 13.4. The van der Waals surface area contributed by atoms with E-state index in [2.05, 4.69) is 16.8 Å². The maximum Gasteiger partial charge on any atom is 0.138 e. The van der Waals surface area contributed by atoms with Crippen LogP contribution >= 0.6 is 0 Å². The highest BCUT2D eigenvalue weighted by Crippen LogP contribution is 2.22. The molecule has 0 radical (unpaired) electrons. The van der Waals surface area contributed by atoms with E-state index in [0.717, 1.165) is 11.1 Å². The number of hydrogen-bond donors (Lipinski definition) is 2. The minimum atomic E-state index is -0.749. The van der Waals surface area contributed by atoms with Crippen LogP contribution in [0.15, 0.2) is 60.9 Å². The van der Waals surface area contributed by atoms with Crippen LogP contribution in [0.2, 0.25) is 0 Å². The molecule has 132 valence electrons. The third-order valence-electron chi connectivity index (χ3n) is 4.03. The molecule has 0 aliphatic heterocycles. The van der Waals surface area contributed by atoms with E-state index in [-0.39, 0.29) is 12.4 Å². The highest BCUT2D eigenvalue weighted by molar-refractivity contribution is 5.64. The lowest BCUT2D eigenvalue weighted by atomic mass is 10.0. The smallest absolute Gasteiger partial charge is 0.138 e. The van der Waals surface area contributed by atoms with Gasteiger partial charge in [-0.3, -0.25) is 0 Å². The van der Waals surface area contributed by atoms with Crippen molar-refractivity contribution < 1.29 is 14.6 Å². The summed E-state index contributed by atoms with van der Waals surface area (Å²) in [5.41, 5.74) is 2.07. The zero-order valence-electron chi connectivity index (χ0n) is 14.3. The molecule has 0 amide bonds. The molecular weight excluding hydrogens is 331 g/mol. The largest absolute Gasteiger partial charge is 0.393 e. The Kier molecular flexibility index (Phi) is 5.47. The molecule has 3 rings (SSSR count). The van der Waals surface area contributed by atoms with Gasteiger partial charge in [0.1, 0.15) is 23.8 Å². The van der Waals surface area contributed by atoms with E-state index < -0.39 is 12.1 Å². The number of nitrogens with zero attached hydrogens (tertiary/aromatic N) is 2. The van der Waals surface area contributed by atoms with Gasteiger partial charge in [0.2, 0.25) is 0 Å². The van der Waals surface area contributed by atoms with Crippen molar-refractivity contribution in [1.29, 1.82) is 0 Å². The van der Waals surface area contributed by atoms with Crippen molar-refractivity contribution >= 4 is 0 Å². The number of imidazole rings is 1. The monoisotopic (exact) mass is 350 g/mol. The highest BCUT2D eigenvalue weighted by Gasteiger charge is 2.14. The first-order chi connectivity index (χ1) is 12.6. The molecule has 0 aliphatic carbocycles. The Morgan fingerprint density at radius 2 is 1.88 bits per heavy atom. The zero-order valence-corrected chi connectivity index (χ0v) is 14.3. The van der Waals surface area contributed by atoms with Gasteiger partial charge in [0.15, 0.2) is 0 Å². The molecule has 0 bridgehead atoms. The van der Waals surface area contributed by atoms with Crippen molar-refractivity contribution in [3.8, 4) is 23.0 Å². The van der Waals surface area contributed by atoms with E-state index in [4.69, 9.17) is 0 Å². The summed E-state index contributed by atoms with van der Waals surface area (Å²) in [5.74, 6) is 6.19. The second-order valence-electron chi connectivity index (χ2n) is 5.89. The second-order valence-corrected chi connectivity index (χ2v) is 5.89. The topological polar surface area (TPSA) is 58.3 Å². The van der Waals surface area contributed by atoms with E-state index in [1.165, 1.54) is 6.07 Å². The van der Waals surface area contributed by atoms with Crippen LogP contribution < -0.4 is 0 Å². The van der Waals surface area contributed by atoms with Crippen molar-refractivity contribution in [1.82, 2.24) is 9.55 Å². The minimum Gasteiger partial charge on any atom is -0.393 e. The summed E-state index contributed by atoms with van der Waals surface area (Å²) < 4.78 is 15.5. The molecule has 2 aromatic carbocycles. The Hall–Kier alpha value is -2.94. The summed E-state index contributed by atoms with van der Waals surface area (Å²) >= 11 is 0. The first-order valence-corrected chi connectivity index (χ1v) is 8.28. The van der Waals surface area contributed by atoms with Crippen LogP contribution in [-0.4, -0.2) is 26.4 Å². The summed E-state index contributed by atoms with van der Waals surface area (Å²) in [6.45, 7) is 1.42. The van der Waals surface area contributed by atoms with Gasteiger partial charge in [-0.25, -0.2) is 9.37 Å². The van der Waals surface area contributed by atoms with E-state index in [0.29, 0.717) is 11.4 Å². The molecule has 1 unspecified atom stereocenters. The molecule has 2 N–H and O–H groups in total. The fourth-order valence-corrected chi connectivity index (χ4v) is 2.71. The Morgan fingerprint density at radius 3 is 2.54 bits per heavy atom. The van der Waals surface area contributed by atoms with Gasteiger partial charge in [-0.05, 0) is 30.7 Å². The standard InChI is InChI=1S/C21H19FN2O2/c1-15(26)21-23-12-13-24(21)18(14-25)11-8-16-6-9-17(10-7-16)19-4-2-3-5-20(19)22/h2-7,9-10,12-13,15,18,25-26H,14H2,1H3/t15-,18?/m0/s1. The third kappa shape index (κ3) is 3.83. The number of aliphatic hydroxyl groups is 2. The maximum atomic E-state index is 13.9. The first kappa shape index (κ1) is 17.9. The molecule has 5 heteroatoms. The van der Waals surface area contributed by atoms with Crippen LogP contribution in [-0.2, 0) is 0 Å². The number of rotatable bonds is 4. The second kappa shape index (κ2) is 7.96. The Balaban J connectivity index is 1.83. The predicted molar refractivity (Wildman–Crippen MR) is 97.7 cm³/mol. The Morgan fingerprint density at radius 1 is 1.15 bits per heavy atom. The Labute approximate surface area is 151 Å². The third-order valence-corrected chi connectivity index (χ3v) is 4.03. The minimum absolute atomic E-state index is 0.198. The van der Waals surface area contributed by atoms with E-state index in [1.807, 2.05) is 24.3 Å². The Bertz CT molecular complexity index is 936. The van der Waals surface area contributed by atoms with Crippen LogP contribution in [0.25, 0.3) is 11.1 Å². The molecule has 0 saturated heterocycles. The molecule has 0 aliphatic rings. The van der Waals surface area contributed by atoms with E-state index in [9.17, 15) is 14.6 Å². The fourth-order valence-electron chi connectivity index (χ4n) is 2.71. The SMILES string of the molecule is C[C@H](O)c1nccn1C(C#Cc1ccc(-c2ccccc2F)cc1)CO. The highest BCUT2D eigenvalue weighted by atomic mass is 19.1. The number of benzene rings is 2. The summed E-state index contributed by atoms with van der Waals surface area (Å²) in [4.78, 5) is 4.09. The lowest BCUT2D eigenvalue weighted by Gasteiger charge is -2.14. The molecule has 0 saturated carbocycles. The lowest BCUT2D eigenvalue weighted by molar-refractivity contribution is 0.176. The van der Waals surface area contributed by atoms with Gasteiger partial charge in [-0.15, -0.1) is 0 Å². The van der Waals surface area contributed by atoms with Crippen LogP contribution in [0.1, 0.15) is 30.5 Å². The number of halogens is 1. The molecule has 3 aromatic rings. The van der Waals surface area contributed by atoms with Crippen molar-refractivity contribution in [2.75, 3.05) is 6.61 Å². The predicted octanol–water partition coefficient (Wildman–Crippen LogP) is 3.33. The molecule has 2 atom stereocenters. The fraction of sp³-hybridized carbons (Fsp3) is 0.190. The lowest BCUT2D eigenvalue weighted by Crippen LogP contribution is -2.15. The molecule has 1 aromatic heterocycles.